The van der Waals surface area contributed by atoms with Crippen molar-refractivity contribution in [3.05, 3.63) is 94.8 Å². The molecule has 4 rings (SSSR count). The molecule has 0 saturated carbocycles. The lowest BCUT2D eigenvalue weighted by molar-refractivity contribution is 0.0943. The molecule has 1 atom stereocenters. The first-order chi connectivity index (χ1) is 15.0. The smallest absolute Gasteiger partial charge is 0.253 e. The van der Waals surface area contributed by atoms with Gasteiger partial charge in [-0.1, -0.05) is 41.9 Å². The molecule has 6 nitrogen and oxygen atoms in total. The molecule has 2 aromatic carbocycles. The van der Waals surface area contributed by atoms with E-state index in [1.54, 1.807) is 12.4 Å². The van der Waals surface area contributed by atoms with Crippen LogP contribution in [0.4, 0.5) is 0 Å². The van der Waals surface area contributed by atoms with E-state index in [9.17, 15) is 13.2 Å². The molecular weight excluding hydrogens is 434 g/mol. The van der Waals surface area contributed by atoms with Crippen molar-refractivity contribution in [3.63, 3.8) is 0 Å². The number of carbonyl (C=O) groups is 1. The SMILES string of the molecule is O=C(NC(c1ccccc1)c1ccncc1)c1cc(S(=O)(=O)N2CCCC2)ccc1Cl. The van der Waals surface area contributed by atoms with Crippen LogP contribution in [0, 0.1) is 0 Å². The van der Waals surface area contributed by atoms with E-state index in [0.29, 0.717) is 13.1 Å². The maximum absolute atomic E-state index is 13.2. The number of sulfonamides is 1. The third-order valence-electron chi connectivity index (χ3n) is 5.33. The molecular formula is C23H22ClN3O3S. The minimum absolute atomic E-state index is 0.0733. The number of hydrogen-bond acceptors (Lipinski definition) is 4. The van der Waals surface area contributed by atoms with Crippen molar-refractivity contribution in [2.75, 3.05) is 13.1 Å². The fourth-order valence-corrected chi connectivity index (χ4v) is 5.43. The molecule has 0 radical (unpaired) electrons. The van der Waals surface area contributed by atoms with Gasteiger partial charge >= 0.3 is 0 Å². The van der Waals surface area contributed by atoms with Gasteiger partial charge in [0.05, 0.1) is 21.5 Å². The molecule has 0 aliphatic carbocycles. The van der Waals surface area contributed by atoms with Crippen molar-refractivity contribution >= 4 is 27.5 Å². The largest absolute Gasteiger partial charge is 0.341 e. The first-order valence-electron chi connectivity index (χ1n) is 10.0. The zero-order valence-electron chi connectivity index (χ0n) is 16.7. The Balaban J connectivity index is 1.67. The summed E-state index contributed by atoms with van der Waals surface area (Å²) in [5, 5.41) is 3.19. The number of rotatable bonds is 6. The minimum Gasteiger partial charge on any atom is -0.341 e. The van der Waals surface area contributed by atoms with E-state index in [0.717, 1.165) is 24.0 Å². The molecule has 1 aliphatic heterocycles. The van der Waals surface area contributed by atoms with Gasteiger partial charge < -0.3 is 5.32 Å². The highest BCUT2D eigenvalue weighted by atomic mass is 35.5. The maximum Gasteiger partial charge on any atom is 0.253 e. The molecule has 0 spiro atoms. The van der Waals surface area contributed by atoms with Crippen molar-refractivity contribution in [1.82, 2.24) is 14.6 Å². The maximum atomic E-state index is 13.2. The van der Waals surface area contributed by atoms with Gasteiger partial charge in [-0.25, -0.2) is 8.42 Å². The van der Waals surface area contributed by atoms with Gasteiger partial charge in [-0.2, -0.15) is 4.31 Å². The van der Waals surface area contributed by atoms with E-state index in [4.69, 9.17) is 11.6 Å². The molecule has 160 valence electrons. The van der Waals surface area contributed by atoms with Crippen LogP contribution >= 0.6 is 11.6 Å². The summed E-state index contributed by atoms with van der Waals surface area (Å²) < 4.78 is 27.3. The van der Waals surface area contributed by atoms with Gasteiger partial charge in [-0.3, -0.25) is 9.78 Å². The lowest BCUT2D eigenvalue weighted by atomic mass is 9.99. The predicted molar refractivity (Wildman–Crippen MR) is 119 cm³/mol. The van der Waals surface area contributed by atoms with Gasteiger partial charge in [0.15, 0.2) is 0 Å². The summed E-state index contributed by atoms with van der Waals surface area (Å²) in [7, 11) is -3.66. The number of nitrogens with zero attached hydrogens (tertiary/aromatic N) is 2. The monoisotopic (exact) mass is 455 g/mol. The second-order valence-corrected chi connectivity index (χ2v) is 9.70. The zero-order chi connectivity index (χ0) is 21.8. The summed E-state index contributed by atoms with van der Waals surface area (Å²) in [5.41, 5.74) is 1.86. The normalized spacial score (nSPS) is 15.5. The highest BCUT2D eigenvalue weighted by Gasteiger charge is 2.29. The number of carbonyl (C=O) groups excluding carboxylic acids is 1. The lowest BCUT2D eigenvalue weighted by Gasteiger charge is -2.21. The van der Waals surface area contributed by atoms with Crippen LogP contribution in [-0.2, 0) is 10.0 Å². The van der Waals surface area contributed by atoms with Crippen LogP contribution in [0.25, 0.3) is 0 Å². The fourth-order valence-electron chi connectivity index (χ4n) is 3.69. The molecule has 1 saturated heterocycles. The summed E-state index contributed by atoms with van der Waals surface area (Å²) in [5.74, 6) is -0.450. The Hall–Kier alpha value is -2.74. The van der Waals surface area contributed by atoms with Gasteiger partial charge in [-0.15, -0.1) is 0 Å². The Morgan fingerprint density at radius 2 is 1.61 bits per heavy atom. The number of benzene rings is 2. The average Bonchev–Trinajstić information content (AvgIpc) is 3.35. The molecule has 1 aliphatic rings. The van der Waals surface area contributed by atoms with E-state index >= 15 is 0 Å². The van der Waals surface area contributed by atoms with Crippen LogP contribution in [0.3, 0.4) is 0 Å². The summed E-state index contributed by atoms with van der Waals surface area (Å²) in [4.78, 5) is 17.3. The molecule has 31 heavy (non-hydrogen) atoms. The molecule has 2 heterocycles. The number of aromatic nitrogens is 1. The van der Waals surface area contributed by atoms with Gasteiger partial charge in [-0.05, 0) is 54.3 Å². The van der Waals surface area contributed by atoms with Crippen molar-refractivity contribution < 1.29 is 13.2 Å². The van der Waals surface area contributed by atoms with Crippen LogP contribution in [0.15, 0.2) is 78.0 Å². The Kier molecular flexibility index (Phi) is 6.36. The summed E-state index contributed by atoms with van der Waals surface area (Å²) in [6.45, 7) is 0.981. The predicted octanol–water partition coefficient (Wildman–Crippen LogP) is 4.04. The first-order valence-corrected chi connectivity index (χ1v) is 11.8. The standard InChI is InChI=1S/C23H22ClN3O3S/c24-21-9-8-19(31(29,30)27-14-4-5-15-27)16-20(21)23(28)26-22(17-6-2-1-3-7-17)18-10-12-25-13-11-18/h1-3,6-13,16,22H,4-5,14-15H2,(H,26,28). The van der Waals surface area contributed by atoms with Gasteiger partial charge in [0.25, 0.3) is 5.91 Å². The number of nitrogens with one attached hydrogen (secondary N) is 1. The van der Waals surface area contributed by atoms with Crippen molar-refractivity contribution in [2.24, 2.45) is 0 Å². The number of hydrogen-bond donors (Lipinski definition) is 1. The number of amides is 1. The third kappa shape index (κ3) is 4.63. The van der Waals surface area contributed by atoms with Gasteiger partial charge in [0.2, 0.25) is 10.0 Å². The Morgan fingerprint density at radius 3 is 2.29 bits per heavy atom. The molecule has 1 N–H and O–H groups in total. The number of pyridine rings is 1. The number of halogens is 1. The molecule has 0 bridgehead atoms. The van der Waals surface area contributed by atoms with E-state index in [1.165, 1.54) is 22.5 Å². The highest BCUT2D eigenvalue weighted by molar-refractivity contribution is 7.89. The van der Waals surface area contributed by atoms with Crippen LogP contribution < -0.4 is 5.32 Å². The molecule has 1 amide bonds. The van der Waals surface area contributed by atoms with Crippen molar-refractivity contribution in [3.8, 4) is 0 Å². The lowest BCUT2D eigenvalue weighted by Crippen LogP contribution is -2.31. The summed E-state index contributed by atoms with van der Waals surface area (Å²) >= 11 is 6.30. The van der Waals surface area contributed by atoms with Crippen molar-refractivity contribution in [2.45, 2.75) is 23.8 Å². The average molecular weight is 456 g/mol. The summed E-state index contributed by atoms with van der Waals surface area (Å²) in [6.07, 6.45) is 5.00. The zero-order valence-corrected chi connectivity index (χ0v) is 18.3. The minimum atomic E-state index is -3.66. The fraction of sp³-hybridized carbons (Fsp3) is 0.217. The first kappa shape index (κ1) is 21.5. The van der Waals surface area contributed by atoms with E-state index in [-0.39, 0.29) is 15.5 Å². The second kappa shape index (κ2) is 9.18. The highest BCUT2D eigenvalue weighted by Crippen LogP contribution is 2.27. The molecule has 1 unspecified atom stereocenters. The van der Waals surface area contributed by atoms with E-state index in [2.05, 4.69) is 10.3 Å². The van der Waals surface area contributed by atoms with Crippen molar-refractivity contribution in [1.29, 1.82) is 0 Å². The van der Waals surface area contributed by atoms with Gasteiger partial charge in [0, 0.05) is 25.5 Å². The van der Waals surface area contributed by atoms with Crippen LogP contribution in [0.5, 0.6) is 0 Å². The van der Waals surface area contributed by atoms with E-state index in [1.807, 2.05) is 42.5 Å². The Morgan fingerprint density at radius 1 is 0.968 bits per heavy atom. The van der Waals surface area contributed by atoms with Crippen LogP contribution in [0.2, 0.25) is 5.02 Å². The topological polar surface area (TPSA) is 79.4 Å². The van der Waals surface area contributed by atoms with Crippen LogP contribution in [0.1, 0.15) is 40.4 Å². The molecule has 3 aromatic rings. The third-order valence-corrected chi connectivity index (χ3v) is 7.56. The Bertz CT molecular complexity index is 1130. The van der Waals surface area contributed by atoms with Gasteiger partial charge in [0.1, 0.15) is 0 Å². The quantitative estimate of drug-likeness (QED) is 0.608. The molecule has 8 heteroatoms. The second-order valence-electron chi connectivity index (χ2n) is 7.35. The summed E-state index contributed by atoms with van der Waals surface area (Å²) in [6, 6.07) is 17.0. The molecule has 1 fully saturated rings. The van der Waals surface area contributed by atoms with E-state index < -0.39 is 22.0 Å². The molecule has 1 aromatic heterocycles. The van der Waals surface area contributed by atoms with Crippen LogP contribution in [-0.4, -0.2) is 36.7 Å². The Labute approximate surface area is 186 Å².